The third kappa shape index (κ3) is 4.94. The van der Waals surface area contributed by atoms with Gasteiger partial charge in [-0.1, -0.05) is 54.6 Å². The fourth-order valence-corrected chi connectivity index (χ4v) is 3.09. The van der Waals surface area contributed by atoms with Crippen molar-refractivity contribution < 1.29 is 9.13 Å². The highest BCUT2D eigenvalue weighted by atomic mass is 19.1. The zero-order valence-corrected chi connectivity index (χ0v) is 16.4. The molecule has 0 aromatic heterocycles. The average Bonchev–Trinajstić information content (AvgIpc) is 2.71. The van der Waals surface area contributed by atoms with E-state index in [2.05, 4.69) is 16.6 Å². The number of rotatable bonds is 3. The van der Waals surface area contributed by atoms with Crippen molar-refractivity contribution in [3.63, 3.8) is 0 Å². The van der Waals surface area contributed by atoms with E-state index in [0.717, 1.165) is 22.3 Å². The van der Waals surface area contributed by atoms with Gasteiger partial charge < -0.3 is 9.64 Å². The highest BCUT2D eigenvalue weighted by Crippen LogP contribution is 2.26. The Morgan fingerprint density at radius 3 is 2.46 bits per heavy atom. The van der Waals surface area contributed by atoms with E-state index in [1.165, 1.54) is 0 Å². The van der Waals surface area contributed by atoms with Gasteiger partial charge in [0.15, 0.2) is 0 Å². The topological polar surface area (TPSA) is 37.2 Å². The molecule has 0 amide bonds. The molecule has 2 aromatic rings. The van der Waals surface area contributed by atoms with Crippen LogP contribution in [0.5, 0.6) is 5.75 Å². The Morgan fingerprint density at radius 2 is 1.79 bits per heavy atom. The van der Waals surface area contributed by atoms with Crippen LogP contribution >= 0.6 is 0 Å². The van der Waals surface area contributed by atoms with E-state index >= 15 is 0 Å². The van der Waals surface area contributed by atoms with E-state index in [1.54, 1.807) is 6.08 Å². The first-order chi connectivity index (χ1) is 13.4. The molecule has 4 nitrogen and oxygen atoms in total. The van der Waals surface area contributed by atoms with Crippen LogP contribution in [0, 0.1) is 20.8 Å². The van der Waals surface area contributed by atoms with Crippen molar-refractivity contribution in [1.29, 1.82) is 0 Å². The molecule has 0 spiro atoms. The standard InChI is InChI=1S/C23H24FN3O/c1-16-12-18(3)21(19(4)13-16)28-22-17(2)10-11-27(15-25-23(24)26-22)14-20-8-6-5-7-9-20/h5-13H,2,14-15H2,1,3-4H3/b11-10-,25-23-,26-22+. The minimum Gasteiger partial charge on any atom is -0.438 e. The number of amidine groups is 1. The fourth-order valence-electron chi connectivity index (χ4n) is 3.09. The van der Waals surface area contributed by atoms with Crippen LogP contribution in [0.3, 0.4) is 0 Å². The van der Waals surface area contributed by atoms with Gasteiger partial charge in [0.25, 0.3) is 0 Å². The van der Waals surface area contributed by atoms with E-state index in [1.807, 2.05) is 74.3 Å². The highest BCUT2D eigenvalue weighted by Gasteiger charge is 2.14. The van der Waals surface area contributed by atoms with Crippen molar-refractivity contribution >= 4 is 12.0 Å². The monoisotopic (exact) mass is 377 g/mol. The molecule has 28 heavy (non-hydrogen) atoms. The Bertz CT molecular complexity index is 938. The lowest BCUT2D eigenvalue weighted by molar-refractivity contribution is 0.380. The van der Waals surface area contributed by atoms with Gasteiger partial charge in [0.1, 0.15) is 12.4 Å². The largest absolute Gasteiger partial charge is 0.438 e. The van der Waals surface area contributed by atoms with Crippen molar-refractivity contribution in [2.45, 2.75) is 27.3 Å². The normalized spacial score (nSPS) is 19.6. The molecule has 3 rings (SSSR count). The average molecular weight is 377 g/mol. The van der Waals surface area contributed by atoms with Crippen molar-refractivity contribution in [3.8, 4) is 5.75 Å². The summed E-state index contributed by atoms with van der Waals surface area (Å²) in [5.41, 5.74) is 4.64. The Hall–Kier alpha value is -3.21. The summed E-state index contributed by atoms with van der Waals surface area (Å²) in [5.74, 6) is 0.765. The van der Waals surface area contributed by atoms with Crippen molar-refractivity contribution in [2.75, 3.05) is 6.67 Å². The zero-order valence-electron chi connectivity index (χ0n) is 16.4. The summed E-state index contributed by atoms with van der Waals surface area (Å²) in [6, 6.07) is 14.0. The molecular weight excluding hydrogens is 353 g/mol. The van der Waals surface area contributed by atoms with E-state index in [-0.39, 0.29) is 12.6 Å². The molecule has 0 aliphatic carbocycles. The zero-order chi connectivity index (χ0) is 20.1. The molecule has 0 fully saturated rings. The van der Waals surface area contributed by atoms with Gasteiger partial charge in [-0.2, -0.15) is 9.38 Å². The van der Waals surface area contributed by atoms with Crippen LogP contribution in [0.4, 0.5) is 4.39 Å². The summed E-state index contributed by atoms with van der Waals surface area (Å²) in [6.45, 7) is 10.7. The van der Waals surface area contributed by atoms with Gasteiger partial charge in [-0.3, -0.25) is 0 Å². The van der Waals surface area contributed by atoms with Gasteiger partial charge in [0.2, 0.25) is 5.90 Å². The first kappa shape index (κ1) is 19.5. The Kier molecular flexibility index (Phi) is 6.04. The summed E-state index contributed by atoms with van der Waals surface area (Å²) in [4.78, 5) is 9.73. The first-order valence-electron chi connectivity index (χ1n) is 9.12. The maximum absolute atomic E-state index is 14.3. The molecule has 0 unspecified atom stereocenters. The minimum absolute atomic E-state index is 0.106. The summed E-state index contributed by atoms with van der Waals surface area (Å²) in [5, 5.41) is 0. The second kappa shape index (κ2) is 8.65. The number of aryl methyl sites for hydroxylation is 3. The van der Waals surface area contributed by atoms with Gasteiger partial charge >= 0.3 is 6.09 Å². The predicted octanol–water partition coefficient (Wildman–Crippen LogP) is 5.26. The Labute approximate surface area is 165 Å². The summed E-state index contributed by atoms with van der Waals surface area (Å²) < 4.78 is 20.3. The molecular formula is C23H24FN3O. The molecule has 0 bridgehead atoms. The third-order valence-electron chi connectivity index (χ3n) is 4.37. The second-order valence-corrected chi connectivity index (χ2v) is 6.89. The Morgan fingerprint density at radius 1 is 1.11 bits per heavy atom. The number of halogens is 1. The predicted molar refractivity (Wildman–Crippen MR) is 112 cm³/mol. The summed E-state index contributed by atoms with van der Waals surface area (Å²) in [6.07, 6.45) is 2.78. The van der Waals surface area contributed by atoms with Crippen LogP contribution in [-0.4, -0.2) is 23.6 Å². The number of nitrogens with zero attached hydrogens (tertiary/aromatic N) is 3. The van der Waals surface area contributed by atoms with Gasteiger partial charge in [-0.05, 0) is 43.5 Å². The Balaban J connectivity index is 1.84. The number of aliphatic imine (C=N–C) groups is 2. The van der Waals surface area contributed by atoms with Crippen LogP contribution in [0.2, 0.25) is 0 Å². The molecule has 1 aliphatic heterocycles. The fraction of sp³-hybridized carbons (Fsp3) is 0.217. The highest BCUT2D eigenvalue weighted by molar-refractivity contribution is 6.03. The quantitative estimate of drug-likeness (QED) is 0.685. The van der Waals surface area contributed by atoms with Crippen LogP contribution in [0.25, 0.3) is 0 Å². The number of benzene rings is 2. The van der Waals surface area contributed by atoms with Crippen molar-refractivity contribution in [3.05, 3.63) is 89.1 Å². The number of hydrogen-bond acceptors (Lipinski definition) is 4. The second-order valence-electron chi connectivity index (χ2n) is 6.89. The lowest BCUT2D eigenvalue weighted by atomic mass is 10.1. The van der Waals surface area contributed by atoms with Crippen LogP contribution < -0.4 is 4.74 Å². The molecule has 5 heteroatoms. The van der Waals surface area contributed by atoms with E-state index in [9.17, 15) is 4.39 Å². The summed E-state index contributed by atoms with van der Waals surface area (Å²) in [7, 11) is 0. The summed E-state index contributed by atoms with van der Waals surface area (Å²) >= 11 is 0. The van der Waals surface area contributed by atoms with Crippen LogP contribution in [0.1, 0.15) is 22.3 Å². The molecule has 0 saturated heterocycles. The third-order valence-corrected chi connectivity index (χ3v) is 4.37. The molecule has 144 valence electrons. The van der Waals surface area contributed by atoms with E-state index < -0.39 is 6.09 Å². The van der Waals surface area contributed by atoms with E-state index in [4.69, 9.17) is 4.74 Å². The number of hydrogen-bond donors (Lipinski definition) is 0. The van der Waals surface area contributed by atoms with E-state index in [0.29, 0.717) is 17.9 Å². The lowest BCUT2D eigenvalue weighted by Gasteiger charge is -2.17. The molecule has 2 aromatic carbocycles. The maximum atomic E-state index is 14.3. The van der Waals surface area contributed by atoms with Gasteiger partial charge in [-0.25, -0.2) is 4.99 Å². The van der Waals surface area contributed by atoms with Gasteiger partial charge in [-0.15, -0.1) is 0 Å². The molecule has 0 atom stereocenters. The SMILES string of the molecule is C=C1/C=C\N(Cc2ccccc2)C/N=C(F)\N=C/1Oc1c(C)cc(C)cc1C. The molecule has 1 aliphatic rings. The molecule has 0 radical (unpaired) electrons. The molecule has 0 N–H and O–H groups in total. The van der Waals surface area contributed by atoms with Crippen LogP contribution in [0.15, 0.2) is 76.9 Å². The molecule has 0 saturated carbocycles. The van der Waals surface area contributed by atoms with Crippen molar-refractivity contribution in [2.24, 2.45) is 9.98 Å². The van der Waals surface area contributed by atoms with Gasteiger partial charge in [0.05, 0.1) is 0 Å². The van der Waals surface area contributed by atoms with Gasteiger partial charge in [0, 0.05) is 18.3 Å². The number of ether oxygens (including phenoxy) is 1. The molecule has 1 heterocycles. The van der Waals surface area contributed by atoms with Crippen LogP contribution in [-0.2, 0) is 6.54 Å². The smallest absolute Gasteiger partial charge is 0.309 e. The lowest BCUT2D eigenvalue weighted by Crippen LogP contribution is -2.17. The first-order valence-corrected chi connectivity index (χ1v) is 9.12. The van der Waals surface area contributed by atoms with Crippen molar-refractivity contribution in [1.82, 2.24) is 4.90 Å². The maximum Gasteiger partial charge on any atom is 0.309 e. The minimum atomic E-state index is -0.833.